The fourth-order valence-electron chi connectivity index (χ4n) is 3.12. The zero-order valence-corrected chi connectivity index (χ0v) is 15.8. The van der Waals surface area contributed by atoms with E-state index in [1.165, 1.54) is 17.7 Å². The minimum atomic E-state index is -0.321. The minimum absolute atomic E-state index is 0.321. The smallest absolute Gasteiger partial charge is 0.337 e. The minimum Gasteiger partial charge on any atom is -0.465 e. The summed E-state index contributed by atoms with van der Waals surface area (Å²) in [6.45, 7) is 2.44. The SMILES string of the molecule is COC(=O)c1cccc(N2CCN(Cc3cnc[nH]3)c3ccccc3S2)c1. The number of anilines is 2. The number of esters is 1. The zero-order chi connectivity index (χ0) is 18.6. The van der Waals surface area contributed by atoms with Crippen molar-refractivity contribution < 1.29 is 9.53 Å². The molecule has 1 N–H and O–H groups in total. The fraction of sp³-hybridized carbons (Fsp3) is 0.200. The first-order chi connectivity index (χ1) is 13.2. The van der Waals surface area contributed by atoms with Crippen molar-refractivity contribution in [3.05, 3.63) is 72.3 Å². The van der Waals surface area contributed by atoms with Crippen LogP contribution in [0.5, 0.6) is 0 Å². The Morgan fingerprint density at radius 3 is 2.93 bits per heavy atom. The van der Waals surface area contributed by atoms with Crippen LogP contribution in [-0.2, 0) is 11.3 Å². The van der Waals surface area contributed by atoms with Crippen molar-refractivity contribution in [2.45, 2.75) is 11.4 Å². The van der Waals surface area contributed by atoms with Gasteiger partial charge in [-0.25, -0.2) is 9.78 Å². The van der Waals surface area contributed by atoms with E-state index >= 15 is 0 Å². The highest BCUT2D eigenvalue weighted by atomic mass is 32.2. The number of aromatic amines is 1. The number of rotatable bonds is 4. The number of carbonyl (C=O) groups is 1. The number of methoxy groups -OCH3 is 1. The summed E-state index contributed by atoms with van der Waals surface area (Å²) in [4.78, 5) is 22.7. The van der Waals surface area contributed by atoms with Gasteiger partial charge >= 0.3 is 5.97 Å². The Labute approximate surface area is 162 Å². The lowest BCUT2D eigenvalue weighted by Gasteiger charge is -2.24. The maximum atomic E-state index is 11.9. The third-order valence-electron chi connectivity index (χ3n) is 4.46. The molecule has 2 aromatic carbocycles. The van der Waals surface area contributed by atoms with Gasteiger partial charge in [0.15, 0.2) is 0 Å². The number of H-pyrrole nitrogens is 1. The first-order valence-corrected chi connectivity index (χ1v) is 9.47. The predicted molar refractivity (Wildman–Crippen MR) is 107 cm³/mol. The summed E-state index contributed by atoms with van der Waals surface area (Å²) in [5, 5.41) is 0. The summed E-state index contributed by atoms with van der Waals surface area (Å²) in [5.74, 6) is -0.321. The van der Waals surface area contributed by atoms with Crippen LogP contribution in [0.3, 0.4) is 0 Å². The molecule has 2 heterocycles. The molecule has 4 rings (SSSR count). The van der Waals surface area contributed by atoms with Crippen LogP contribution in [-0.4, -0.2) is 36.1 Å². The Kier molecular flexibility index (Phi) is 5.02. The summed E-state index contributed by atoms with van der Waals surface area (Å²) in [7, 11) is 1.40. The van der Waals surface area contributed by atoms with Crippen LogP contribution in [0.15, 0.2) is 66.0 Å². The Morgan fingerprint density at radius 2 is 2.11 bits per heavy atom. The van der Waals surface area contributed by atoms with Gasteiger partial charge in [0.2, 0.25) is 0 Å². The average Bonchev–Trinajstić information content (AvgIpc) is 3.16. The highest BCUT2D eigenvalue weighted by molar-refractivity contribution is 8.00. The quantitative estimate of drug-likeness (QED) is 0.550. The van der Waals surface area contributed by atoms with E-state index < -0.39 is 0 Å². The molecule has 3 aromatic rings. The van der Waals surface area contributed by atoms with Gasteiger partial charge in [-0.2, -0.15) is 0 Å². The normalized spacial score (nSPS) is 13.8. The van der Waals surface area contributed by atoms with Gasteiger partial charge < -0.3 is 18.9 Å². The van der Waals surface area contributed by atoms with Gasteiger partial charge in [-0.1, -0.05) is 18.2 Å². The summed E-state index contributed by atoms with van der Waals surface area (Å²) in [6.07, 6.45) is 3.57. The number of aromatic nitrogens is 2. The van der Waals surface area contributed by atoms with Crippen molar-refractivity contribution in [2.75, 3.05) is 29.4 Å². The van der Waals surface area contributed by atoms with Crippen LogP contribution in [0, 0.1) is 0 Å². The summed E-state index contributed by atoms with van der Waals surface area (Å²) in [6, 6.07) is 16.0. The molecule has 6 nitrogen and oxygen atoms in total. The van der Waals surface area contributed by atoms with Gasteiger partial charge in [-0.3, -0.25) is 0 Å². The van der Waals surface area contributed by atoms with Crippen LogP contribution in [0.25, 0.3) is 0 Å². The highest BCUT2D eigenvalue weighted by Gasteiger charge is 2.22. The number of nitrogens with zero attached hydrogens (tertiary/aromatic N) is 3. The third-order valence-corrected chi connectivity index (χ3v) is 5.61. The number of fused-ring (bicyclic) bond motifs is 1. The molecule has 0 unspecified atom stereocenters. The molecule has 0 atom stereocenters. The number of nitrogens with one attached hydrogen (secondary N) is 1. The van der Waals surface area contributed by atoms with Crippen molar-refractivity contribution in [3.63, 3.8) is 0 Å². The van der Waals surface area contributed by atoms with E-state index in [9.17, 15) is 4.79 Å². The lowest BCUT2D eigenvalue weighted by atomic mass is 10.2. The molecule has 1 aliphatic rings. The van der Waals surface area contributed by atoms with Gasteiger partial charge in [-0.15, -0.1) is 0 Å². The van der Waals surface area contributed by atoms with Gasteiger partial charge in [0.25, 0.3) is 0 Å². The molecule has 0 bridgehead atoms. The standard InChI is InChI=1S/C20H20N4O2S/c1-26-20(25)15-5-4-6-17(11-15)24-10-9-23(13-16-12-21-14-22-16)18-7-2-3-8-19(18)27-24/h2-8,11-12,14H,9-10,13H2,1H3,(H,21,22). The predicted octanol–water partition coefficient (Wildman–Crippen LogP) is 3.73. The zero-order valence-electron chi connectivity index (χ0n) is 15.0. The molecule has 138 valence electrons. The monoisotopic (exact) mass is 380 g/mol. The lowest BCUT2D eigenvalue weighted by Crippen LogP contribution is -2.29. The number of para-hydroxylation sites is 1. The molecule has 0 spiro atoms. The number of benzene rings is 2. The molecule has 0 fully saturated rings. The first-order valence-electron chi connectivity index (χ1n) is 8.70. The molecule has 0 saturated heterocycles. The Balaban J connectivity index is 1.63. The van der Waals surface area contributed by atoms with E-state index in [0.717, 1.165) is 31.0 Å². The van der Waals surface area contributed by atoms with Crippen LogP contribution in [0.4, 0.5) is 11.4 Å². The molecular weight excluding hydrogens is 360 g/mol. The highest BCUT2D eigenvalue weighted by Crippen LogP contribution is 2.38. The van der Waals surface area contributed by atoms with E-state index in [0.29, 0.717) is 5.56 Å². The van der Waals surface area contributed by atoms with Crippen LogP contribution in [0.1, 0.15) is 16.1 Å². The maximum Gasteiger partial charge on any atom is 0.337 e. The van der Waals surface area contributed by atoms with Crippen molar-refractivity contribution in [1.29, 1.82) is 0 Å². The van der Waals surface area contributed by atoms with Gasteiger partial charge in [0, 0.05) is 25.0 Å². The van der Waals surface area contributed by atoms with Crippen LogP contribution in [0.2, 0.25) is 0 Å². The first kappa shape index (κ1) is 17.5. The molecule has 0 aliphatic carbocycles. The van der Waals surface area contributed by atoms with Gasteiger partial charge in [-0.05, 0) is 42.3 Å². The molecule has 1 aromatic heterocycles. The van der Waals surface area contributed by atoms with E-state index in [4.69, 9.17) is 4.74 Å². The second-order valence-corrected chi connectivity index (χ2v) is 7.26. The molecule has 1 aliphatic heterocycles. The number of hydrogen-bond acceptors (Lipinski definition) is 6. The number of hydrogen-bond donors (Lipinski definition) is 1. The van der Waals surface area contributed by atoms with Crippen molar-refractivity contribution in [2.24, 2.45) is 0 Å². The summed E-state index contributed by atoms with van der Waals surface area (Å²) in [5.41, 5.74) is 3.82. The number of carbonyl (C=O) groups excluding carboxylic acids is 1. The second-order valence-electron chi connectivity index (χ2n) is 6.20. The fourth-order valence-corrected chi connectivity index (χ4v) is 4.18. The molecule has 0 radical (unpaired) electrons. The molecule has 7 heteroatoms. The van der Waals surface area contributed by atoms with E-state index in [1.54, 1.807) is 24.3 Å². The van der Waals surface area contributed by atoms with E-state index in [1.807, 2.05) is 24.4 Å². The average molecular weight is 380 g/mol. The topological polar surface area (TPSA) is 61.5 Å². The summed E-state index contributed by atoms with van der Waals surface area (Å²) < 4.78 is 7.07. The van der Waals surface area contributed by atoms with E-state index in [-0.39, 0.29) is 5.97 Å². The van der Waals surface area contributed by atoms with Gasteiger partial charge in [0.05, 0.1) is 41.8 Å². The lowest BCUT2D eigenvalue weighted by molar-refractivity contribution is 0.0601. The van der Waals surface area contributed by atoms with Gasteiger partial charge in [0.1, 0.15) is 0 Å². The van der Waals surface area contributed by atoms with Crippen LogP contribution >= 0.6 is 11.9 Å². The molecule has 0 amide bonds. The Morgan fingerprint density at radius 1 is 1.22 bits per heavy atom. The van der Waals surface area contributed by atoms with Crippen molar-refractivity contribution in [1.82, 2.24) is 9.97 Å². The third kappa shape index (κ3) is 3.78. The Bertz CT molecular complexity index is 929. The second kappa shape index (κ2) is 7.75. The van der Waals surface area contributed by atoms with Crippen molar-refractivity contribution >= 4 is 29.3 Å². The molecular formula is C20H20N4O2S. The summed E-state index contributed by atoms with van der Waals surface area (Å²) >= 11 is 1.69. The number of imidazole rings is 1. The maximum absolute atomic E-state index is 11.9. The van der Waals surface area contributed by atoms with Crippen LogP contribution < -0.4 is 9.21 Å². The largest absolute Gasteiger partial charge is 0.465 e. The number of ether oxygens (including phenoxy) is 1. The Hall–Kier alpha value is -2.93. The molecule has 27 heavy (non-hydrogen) atoms. The van der Waals surface area contributed by atoms with Crippen molar-refractivity contribution in [3.8, 4) is 0 Å². The molecule has 0 saturated carbocycles. The van der Waals surface area contributed by atoms with E-state index in [2.05, 4.69) is 43.4 Å².